The van der Waals surface area contributed by atoms with Crippen LogP contribution in [0.25, 0.3) is 0 Å². The second kappa shape index (κ2) is 7.07. The van der Waals surface area contributed by atoms with Gasteiger partial charge in [0.15, 0.2) is 0 Å². The standard InChI is InChI=1S/C16H22O3/c1-11(12(2)17)9-10-14(13(3)18)15-7-5-6-8-16(15)19-4/h5-8,11,14H,9-10H2,1-4H3/t11-,14-/m0/s1. The molecule has 0 aromatic heterocycles. The molecule has 1 aromatic carbocycles. The van der Waals surface area contributed by atoms with E-state index in [1.807, 2.05) is 31.2 Å². The number of hydrogen-bond donors (Lipinski definition) is 0. The zero-order valence-electron chi connectivity index (χ0n) is 12.1. The number of benzene rings is 1. The van der Waals surface area contributed by atoms with Crippen LogP contribution in [0.1, 0.15) is 45.1 Å². The van der Waals surface area contributed by atoms with Crippen LogP contribution >= 0.6 is 0 Å². The van der Waals surface area contributed by atoms with Gasteiger partial charge in [-0.15, -0.1) is 0 Å². The molecule has 1 aromatic rings. The summed E-state index contributed by atoms with van der Waals surface area (Å²) in [6.07, 6.45) is 1.40. The Hall–Kier alpha value is -1.64. The summed E-state index contributed by atoms with van der Waals surface area (Å²) in [7, 11) is 1.61. The van der Waals surface area contributed by atoms with Gasteiger partial charge >= 0.3 is 0 Å². The average Bonchev–Trinajstić information content (AvgIpc) is 2.38. The average molecular weight is 262 g/mol. The molecule has 0 fully saturated rings. The largest absolute Gasteiger partial charge is 0.496 e. The molecule has 0 saturated heterocycles. The molecular weight excluding hydrogens is 240 g/mol. The van der Waals surface area contributed by atoms with Gasteiger partial charge in [0.05, 0.1) is 7.11 Å². The Morgan fingerprint density at radius 3 is 2.26 bits per heavy atom. The van der Waals surface area contributed by atoms with Crippen molar-refractivity contribution in [3.63, 3.8) is 0 Å². The Morgan fingerprint density at radius 1 is 1.11 bits per heavy atom. The van der Waals surface area contributed by atoms with Crippen LogP contribution in [-0.2, 0) is 9.59 Å². The highest BCUT2D eigenvalue weighted by Crippen LogP contribution is 2.31. The van der Waals surface area contributed by atoms with Crippen LogP contribution < -0.4 is 4.74 Å². The lowest BCUT2D eigenvalue weighted by molar-refractivity contribution is -0.121. The van der Waals surface area contributed by atoms with E-state index in [9.17, 15) is 9.59 Å². The van der Waals surface area contributed by atoms with Crippen molar-refractivity contribution < 1.29 is 14.3 Å². The zero-order chi connectivity index (χ0) is 14.4. The fourth-order valence-electron chi connectivity index (χ4n) is 2.15. The van der Waals surface area contributed by atoms with E-state index in [0.717, 1.165) is 17.7 Å². The maximum Gasteiger partial charge on any atom is 0.137 e. The molecule has 104 valence electrons. The molecule has 0 radical (unpaired) electrons. The molecule has 0 aliphatic carbocycles. The Bertz CT molecular complexity index is 451. The SMILES string of the molecule is COc1ccccc1[C@@H](CC[C@H](C)C(C)=O)C(C)=O. The lowest BCUT2D eigenvalue weighted by atomic mass is 9.87. The van der Waals surface area contributed by atoms with E-state index in [1.165, 1.54) is 0 Å². The fraction of sp³-hybridized carbons (Fsp3) is 0.500. The lowest BCUT2D eigenvalue weighted by Crippen LogP contribution is -2.14. The van der Waals surface area contributed by atoms with Crippen molar-refractivity contribution in [2.75, 3.05) is 7.11 Å². The van der Waals surface area contributed by atoms with Crippen LogP contribution in [0.3, 0.4) is 0 Å². The summed E-state index contributed by atoms with van der Waals surface area (Å²) >= 11 is 0. The van der Waals surface area contributed by atoms with Crippen LogP contribution in [0.4, 0.5) is 0 Å². The molecule has 0 amide bonds. The number of para-hydroxylation sites is 1. The Labute approximate surface area is 115 Å². The monoisotopic (exact) mass is 262 g/mol. The third-order valence-electron chi connectivity index (χ3n) is 3.59. The number of carbonyl (C=O) groups is 2. The van der Waals surface area contributed by atoms with Gasteiger partial charge in [-0.25, -0.2) is 0 Å². The first-order valence-electron chi connectivity index (χ1n) is 6.61. The van der Waals surface area contributed by atoms with E-state index in [4.69, 9.17) is 4.74 Å². The minimum Gasteiger partial charge on any atom is -0.496 e. The predicted molar refractivity (Wildman–Crippen MR) is 75.5 cm³/mol. The van der Waals surface area contributed by atoms with Gasteiger partial charge in [-0.1, -0.05) is 25.1 Å². The van der Waals surface area contributed by atoms with Gasteiger partial charge in [-0.3, -0.25) is 9.59 Å². The van der Waals surface area contributed by atoms with E-state index >= 15 is 0 Å². The molecule has 19 heavy (non-hydrogen) atoms. The van der Waals surface area contributed by atoms with Crippen molar-refractivity contribution in [1.82, 2.24) is 0 Å². The first-order chi connectivity index (χ1) is 8.97. The molecule has 0 unspecified atom stereocenters. The molecule has 0 aliphatic rings. The summed E-state index contributed by atoms with van der Waals surface area (Å²) in [5.74, 6) is 0.815. The van der Waals surface area contributed by atoms with Gasteiger partial charge < -0.3 is 4.74 Å². The summed E-state index contributed by atoms with van der Waals surface area (Å²) in [6, 6.07) is 7.57. The smallest absolute Gasteiger partial charge is 0.137 e. The first kappa shape index (κ1) is 15.4. The predicted octanol–water partition coefficient (Wildman–Crippen LogP) is 3.37. The highest BCUT2D eigenvalue weighted by atomic mass is 16.5. The van der Waals surface area contributed by atoms with Gasteiger partial charge in [0, 0.05) is 17.4 Å². The van der Waals surface area contributed by atoms with Crippen molar-refractivity contribution in [2.45, 2.75) is 39.5 Å². The van der Waals surface area contributed by atoms with Crippen molar-refractivity contribution in [2.24, 2.45) is 5.92 Å². The highest BCUT2D eigenvalue weighted by molar-refractivity contribution is 5.84. The first-order valence-corrected chi connectivity index (χ1v) is 6.61. The molecule has 0 spiro atoms. The van der Waals surface area contributed by atoms with Gasteiger partial charge in [0.1, 0.15) is 17.3 Å². The molecule has 0 saturated carbocycles. The van der Waals surface area contributed by atoms with Gasteiger partial charge in [0.25, 0.3) is 0 Å². The molecular formula is C16H22O3. The summed E-state index contributed by atoms with van der Waals surface area (Å²) in [5, 5.41) is 0. The number of hydrogen-bond acceptors (Lipinski definition) is 3. The number of methoxy groups -OCH3 is 1. The minimum absolute atomic E-state index is 0.00319. The van der Waals surface area contributed by atoms with E-state index < -0.39 is 0 Å². The zero-order valence-corrected chi connectivity index (χ0v) is 12.1. The van der Waals surface area contributed by atoms with E-state index in [1.54, 1.807) is 21.0 Å². The second-order valence-corrected chi connectivity index (χ2v) is 4.99. The molecule has 0 heterocycles. The molecule has 3 heteroatoms. The summed E-state index contributed by atoms with van der Waals surface area (Å²) in [5.41, 5.74) is 0.910. The van der Waals surface area contributed by atoms with Crippen molar-refractivity contribution in [1.29, 1.82) is 0 Å². The number of ketones is 2. The molecule has 3 nitrogen and oxygen atoms in total. The van der Waals surface area contributed by atoms with Crippen molar-refractivity contribution >= 4 is 11.6 Å². The van der Waals surface area contributed by atoms with Crippen LogP contribution in [0.15, 0.2) is 24.3 Å². The van der Waals surface area contributed by atoms with Crippen LogP contribution in [0.5, 0.6) is 5.75 Å². The molecule has 0 aliphatic heterocycles. The van der Waals surface area contributed by atoms with Crippen LogP contribution in [0, 0.1) is 5.92 Å². The Morgan fingerprint density at radius 2 is 1.74 bits per heavy atom. The summed E-state index contributed by atoms with van der Waals surface area (Å²) in [6.45, 7) is 5.09. The number of Topliss-reactive ketones (excluding diaryl/α,β-unsaturated/α-hetero) is 2. The van der Waals surface area contributed by atoms with Crippen molar-refractivity contribution in [3.8, 4) is 5.75 Å². The minimum atomic E-state index is -0.196. The highest BCUT2D eigenvalue weighted by Gasteiger charge is 2.21. The fourth-order valence-corrected chi connectivity index (χ4v) is 2.15. The third kappa shape index (κ3) is 4.19. The van der Waals surface area contributed by atoms with Crippen molar-refractivity contribution in [3.05, 3.63) is 29.8 Å². The quantitative estimate of drug-likeness (QED) is 0.756. The summed E-state index contributed by atoms with van der Waals surface area (Å²) < 4.78 is 5.31. The topological polar surface area (TPSA) is 43.4 Å². The molecule has 0 bridgehead atoms. The lowest BCUT2D eigenvalue weighted by Gasteiger charge is -2.18. The normalized spacial score (nSPS) is 13.7. The maximum absolute atomic E-state index is 11.9. The summed E-state index contributed by atoms with van der Waals surface area (Å²) in [4.78, 5) is 23.1. The van der Waals surface area contributed by atoms with Gasteiger partial charge in [0.2, 0.25) is 0 Å². The molecule has 1 rings (SSSR count). The Kier molecular flexibility index (Phi) is 5.74. The van der Waals surface area contributed by atoms with E-state index in [2.05, 4.69) is 0 Å². The second-order valence-electron chi connectivity index (χ2n) is 4.99. The number of rotatable bonds is 7. The van der Waals surface area contributed by atoms with E-state index in [0.29, 0.717) is 6.42 Å². The van der Waals surface area contributed by atoms with Crippen LogP contribution in [-0.4, -0.2) is 18.7 Å². The van der Waals surface area contributed by atoms with Gasteiger partial charge in [-0.05, 0) is 32.8 Å². The number of ether oxygens (including phenoxy) is 1. The molecule has 2 atom stereocenters. The van der Waals surface area contributed by atoms with Crippen LogP contribution in [0.2, 0.25) is 0 Å². The Balaban J connectivity index is 2.89. The van der Waals surface area contributed by atoms with Gasteiger partial charge in [-0.2, -0.15) is 0 Å². The maximum atomic E-state index is 11.9. The third-order valence-corrected chi connectivity index (χ3v) is 3.59. The number of carbonyl (C=O) groups excluding carboxylic acids is 2. The molecule has 0 N–H and O–H groups in total. The van der Waals surface area contributed by atoms with E-state index in [-0.39, 0.29) is 23.4 Å².